The highest BCUT2D eigenvalue weighted by molar-refractivity contribution is 5.89. The van der Waals surface area contributed by atoms with E-state index in [1.807, 2.05) is 0 Å². The van der Waals surface area contributed by atoms with Crippen molar-refractivity contribution in [1.82, 2.24) is 5.32 Å². The molecule has 0 aliphatic heterocycles. The van der Waals surface area contributed by atoms with Crippen LogP contribution in [0.1, 0.15) is 19.4 Å². The van der Waals surface area contributed by atoms with E-state index in [2.05, 4.69) is 5.32 Å². The van der Waals surface area contributed by atoms with E-state index in [0.29, 0.717) is 5.56 Å². The summed E-state index contributed by atoms with van der Waals surface area (Å²) < 4.78 is 0. The van der Waals surface area contributed by atoms with Gasteiger partial charge in [-0.25, -0.2) is 4.79 Å². The predicted octanol–water partition coefficient (Wildman–Crippen LogP) is -0.0530. The Labute approximate surface area is 116 Å². The van der Waals surface area contributed by atoms with Crippen molar-refractivity contribution in [2.75, 3.05) is 0 Å². The third kappa shape index (κ3) is 3.86. The Bertz CT molecular complexity index is 527. The van der Waals surface area contributed by atoms with Gasteiger partial charge in [0.15, 0.2) is 11.5 Å². The molecule has 110 valence electrons. The van der Waals surface area contributed by atoms with E-state index in [1.54, 1.807) is 0 Å². The predicted molar refractivity (Wildman–Crippen MR) is 71.3 cm³/mol. The second kappa shape index (κ2) is 5.79. The lowest BCUT2D eigenvalue weighted by Gasteiger charge is -2.23. The van der Waals surface area contributed by atoms with Crippen LogP contribution in [0, 0.1) is 0 Å². The number of carbonyl (C=O) groups excluding carboxylic acids is 1. The number of nitrogens with one attached hydrogen (secondary N) is 1. The molecule has 1 amide bonds. The molecule has 0 radical (unpaired) electrons. The van der Waals surface area contributed by atoms with Gasteiger partial charge in [-0.3, -0.25) is 4.79 Å². The van der Waals surface area contributed by atoms with Gasteiger partial charge in [-0.15, -0.1) is 0 Å². The third-order valence-electron chi connectivity index (χ3n) is 2.80. The van der Waals surface area contributed by atoms with Crippen molar-refractivity contribution in [1.29, 1.82) is 0 Å². The summed E-state index contributed by atoms with van der Waals surface area (Å²) >= 11 is 0. The van der Waals surface area contributed by atoms with Crippen molar-refractivity contribution < 1.29 is 24.9 Å². The molecule has 0 heterocycles. The summed E-state index contributed by atoms with van der Waals surface area (Å²) in [6.07, 6.45) is 0.107. The molecular weight excluding hydrogens is 264 g/mol. The number of phenols is 2. The average Bonchev–Trinajstić information content (AvgIpc) is 2.33. The molecule has 0 aliphatic carbocycles. The Kier molecular flexibility index (Phi) is 4.57. The van der Waals surface area contributed by atoms with Gasteiger partial charge in [-0.2, -0.15) is 0 Å². The van der Waals surface area contributed by atoms with Gasteiger partial charge in [0.2, 0.25) is 5.91 Å². The highest BCUT2D eigenvalue weighted by atomic mass is 16.4. The third-order valence-corrected chi connectivity index (χ3v) is 2.80. The number of phenolic OH excluding ortho intramolecular Hbond substituents is 2. The number of benzene rings is 1. The number of carboxylic acid groups (broad SMARTS) is 1. The number of amides is 1. The quantitative estimate of drug-likeness (QED) is 0.481. The minimum atomic E-state index is -1.41. The van der Waals surface area contributed by atoms with Gasteiger partial charge in [-0.05, 0) is 38.0 Å². The van der Waals surface area contributed by atoms with Crippen LogP contribution in [0.15, 0.2) is 18.2 Å². The number of rotatable bonds is 5. The molecule has 1 rings (SSSR count). The number of carboxylic acids is 1. The molecule has 0 saturated carbocycles. The first-order valence-corrected chi connectivity index (χ1v) is 5.95. The van der Waals surface area contributed by atoms with Crippen LogP contribution in [-0.2, 0) is 16.0 Å². The molecule has 0 fully saturated rings. The van der Waals surface area contributed by atoms with E-state index in [1.165, 1.54) is 32.0 Å². The van der Waals surface area contributed by atoms with Crippen molar-refractivity contribution in [3.63, 3.8) is 0 Å². The fourth-order valence-electron chi connectivity index (χ4n) is 1.50. The van der Waals surface area contributed by atoms with Crippen molar-refractivity contribution in [2.45, 2.75) is 31.8 Å². The molecule has 0 saturated heterocycles. The number of hydrogen-bond donors (Lipinski definition) is 5. The standard InChI is InChI=1S/C13H18N2O5/c1-13(2,12(19)20)15-11(18)8(14)5-7-3-4-9(16)10(17)6-7/h3-4,6,8,16-17H,5,14H2,1-2H3,(H,15,18)(H,19,20)/t8-/m0/s1. The van der Waals surface area contributed by atoms with Gasteiger partial charge in [-0.1, -0.05) is 6.07 Å². The van der Waals surface area contributed by atoms with Crippen LogP contribution in [0.3, 0.4) is 0 Å². The number of carbonyl (C=O) groups is 2. The molecule has 20 heavy (non-hydrogen) atoms. The Morgan fingerprint density at radius 1 is 1.30 bits per heavy atom. The molecule has 0 aromatic heterocycles. The monoisotopic (exact) mass is 282 g/mol. The Morgan fingerprint density at radius 3 is 2.40 bits per heavy atom. The Morgan fingerprint density at radius 2 is 1.90 bits per heavy atom. The molecule has 7 nitrogen and oxygen atoms in total. The zero-order valence-electron chi connectivity index (χ0n) is 11.3. The summed E-state index contributed by atoms with van der Waals surface area (Å²) in [7, 11) is 0. The van der Waals surface area contributed by atoms with Gasteiger partial charge >= 0.3 is 5.97 Å². The zero-order valence-corrected chi connectivity index (χ0v) is 11.3. The maximum Gasteiger partial charge on any atom is 0.328 e. The van der Waals surface area contributed by atoms with Crippen LogP contribution in [0.2, 0.25) is 0 Å². The van der Waals surface area contributed by atoms with Gasteiger partial charge < -0.3 is 26.4 Å². The fraction of sp³-hybridized carbons (Fsp3) is 0.385. The molecule has 6 N–H and O–H groups in total. The van der Waals surface area contributed by atoms with E-state index in [-0.39, 0.29) is 17.9 Å². The molecular formula is C13H18N2O5. The van der Waals surface area contributed by atoms with Crippen molar-refractivity contribution in [3.8, 4) is 11.5 Å². The fourth-order valence-corrected chi connectivity index (χ4v) is 1.50. The second-order valence-electron chi connectivity index (χ2n) is 5.05. The highest BCUT2D eigenvalue weighted by Crippen LogP contribution is 2.25. The van der Waals surface area contributed by atoms with Crippen molar-refractivity contribution >= 4 is 11.9 Å². The summed E-state index contributed by atoms with van der Waals surface area (Å²) in [5.74, 6) is -2.34. The molecule has 0 spiro atoms. The van der Waals surface area contributed by atoms with Crippen LogP contribution < -0.4 is 11.1 Å². The minimum absolute atomic E-state index is 0.107. The first-order chi connectivity index (χ1) is 9.13. The van der Waals surface area contributed by atoms with E-state index in [4.69, 9.17) is 10.8 Å². The first-order valence-electron chi connectivity index (χ1n) is 5.95. The second-order valence-corrected chi connectivity index (χ2v) is 5.05. The van der Waals surface area contributed by atoms with Crippen LogP contribution in [0.4, 0.5) is 0 Å². The van der Waals surface area contributed by atoms with Crippen LogP contribution >= 0.6 is 0 Å². The lowest BCUT2D eigenvalue weighted by Crippen LogP contribution is -2.55. The lowest BCUT2D eigenvalue weighted by molar-refractivity contribution is -0.146. The maximum absolute atomic E-state index is 11.8. The van der Waals surface area contributed by atoms with Gasteiger partial charge in [0.05, 0.1) is 6.04 Å². The summed E-state index contributed by atoms with van der Waals surface area (Å²) in [4.78, 5) is 22.7. The zero-order chi connectivity index (χ0) is 15.5. The topological polar surface area (TPSA) is 133 Å². The van der Waals surface area contributed by atoms with Crippen molar-refractivity contribution in [3.05, 3.63) is 23.8 Å². The molecule has 0 bridgehead atoms. The average molecular weight is 282 g/mol. The van der Waals surface area contributed by atoms with Crippen LogP contribution in [-0.4, -0.2) is 38.8 Å². The summed E-state index contributed by atoms with van der Waals surface area (Å²) in [5.41, 5.74) is 4.84. The number of aliphatic carboxylic acids is 1. The number of nitrogens with two attached hydrogens (primary N) is 1. The largest absolute Gasteiger partial charge is 0.504 e. The molecule has 1 aromatic carbocycles. The summed E-state index contributed by atoms with van der Waals surface area (Å²) in [6.45, 7) is 2.71. The van der Waals surface area contributed by atoms with E-state index in [9.17, 15) is 19.8 Å². The molecule has 1 atom stereocenters. The Hall–Kier alpha value is -2.28. The Balaban J connectivity index is 2.71. The van der Waals surface area contributed by atoms with Gasteiger partial charge in [0.1, 0.15) is 5.54 Å². The molecule has 7 heteroatoms. The SMILES string of the molecule is CC(C)(NC(=O)[C@@H](N)Cc1ccc(O)c(O)c1)C(=O)O. The van der Waals surface area contributed by atoms with Crippen LogP contribution in [0.5, 0.6) is 11.5 Å². The first kappa shape index (κ1) is 15.8. The number of aromatic hydroxyl groups is 2. The smallest absolute Gasteiger partial charge is 0.328 e. The summed E-state index contributed by atoms with van der Waals surface area (Å²) in [5, 5.41) is 29.8. The highest BCUT2D eigenvalue weighted by Gasteiger charge is 2.30. The van der Waals surface area contributed by atoms with E-state index < -0.39 is 23.5 Å². The molecule has 0 unspecified atom stereocenters. The van der Waals surface area contributed by atoms with E-state index in [0.717, 1.165) is 0 Å². The van der Waals surface area contributed by atoms with Gasteiger partial charge in [0, 0.05) is 0 Å². The minimum Gasteiger partial charge on any atom is -0.504 e. The van der Waals surface area contributed by atoms with Gasteiger partial charge in [0.25, 0.3) is 0 Å². The maximum atomic E-state index is 11.8. The molecule has 1 aromatic rings. The van der Waals surface area contributed by atoms with Crippen LogP contribution in [0.25, 0.3) is 0 Å². The number of hydrogen-bond acceptors (Lipinski definition) is 5. The molecule has 0 aliphatic rings. The van der Waals surface area contributed by atoms with Crippen molar-refractivity contribution in [2.24, 2.45) is 5.73 Å². The normalized spacial score (nSPS) is 12.8. The van der Waals surface area contributed by atoms with E-state index >= 15 is 0 Å². The lowest BCUT2D eigenvalue weighted by atomic mass is 10.0. The summed E-state index contributed by atoms with van der Waals surface area (Å²) in [6, 6.07) is 3.14.